The highest BCUT2D eigenvalue weighted by molar-refractivity contribution is 9.10. The number of hydrogen-bond donors (Lipinski definition) is 0. The fourth-order valence-electron chi connectivity index (χ4n) is 1.66. The Labute approximate surface area is 107 Å². The van der Waals surface area contributed by atoms with Gasteiger partial charge in [-0.3, -0.25) is 4.40 Å². The molecule has 0 atom stereocenters. The number of imidazole rings is 1. The Balaban J connectivity index is 2.62. The molecule has 0 unspecified atom stereocenters. The van der Waals surface area contributed by atoms with Gasteiger partial charge in [0.25, 0.3) is 0 Å². The lowest BCUT2D eigenvalue weighted by atomic mass is 10.3. The maximum atomic E-state index is 13.2. The van der Waals surface area contributed by atoms with Gasteiger partial charge in [-0.05, 0) is 15.9 Å². The number of hydrogen-bond acceptors (Lipinski definition) is 2. The molecule has 0 aliphatic carbocycles. The van der Waals surface area contributed by atoms with Gasteiger partial charge in [0.15, 0.2) is 22.4 Å². The summed E-state index contributed by atoms with van der Waals surface area (Å²) in [6.45, 7) is 0. The van der Waals surface area contributed by atoms with E-state index in [1.165, 1.54) is 6.20 Å². The van der Waals surface area contributed by atoms with Crippen molar-refractivity contribution in [3.63, 3.8) is 0 Å². The lowest BCUT2D eigenvalue weighted by molar-refractivity contribution is 0.510. The van der Waals surface area contributed by atoms with E-state index in [4.69, 9.17) is 11.6 Å². The van der Waals surface area contributed by atoms with E-state index >= 15 is 0 Å². The molecule has 0 spiro atoms. The molecule has 2 aromatic heterocycles. The van der Waals surface area contributed by atoms with Crippen LogP contribution in [0.25, 0.3) is 16.7 Å². The Bertz CT molecular complexity index is 756. The van der Waals surface area contributed by atoms with Crippen LogP contribution in [0.4, 0.5) is 8.78 Å². The Morgan fingerprint density at radius 1 is 1.24 bits per heavy atom. The quantitative estimate of drug-likeness (QED) is 0.634. The molecule has 0 amide bonds. The number of aromatic nitrogens is 3. The summed E-state index contributed by atoms with van der Waals surface area (Å²) in [5, 5.41) is 0.134. The largest absolute Gasteiger partial charge is 0.282 e. The summed E-state index contributed by atoms with van der Waals surface area (Å²) < 4.78 is 28.5. The third-order valence-corrected chi connectivity index (χ3v) is 3.19. The summed E-state index contributed by atoms with van der Waals surface area (Å²) in [4.78, 5) is 8.00. The highest BCUT2D eigenvalue weighted by Gasteiger charge is 2.13. The van der Waals surface area contributed by atoms with E-state index in [-0.39, 0.29) is 10.7 Å². The molecule has 17 heavy (non-hydrogen) atoms. The molecule has 2 heterocycles. The normalized spacial score (nSPS) is 11.5. The van der Waals surface area contributed by atoms with Gasteiger partial charge in [-0.25, -0.2) is 18.7 Å². The number of nitrogens with zero attached hydrogens (tertiary/aromatic N) is 3. The van der Waals surface area contributed by atoms with Crippen LogP contribution in [0, 0.1) is 11.6 Å². The molecule has 0 aliphatic rings. The average molecular weight is 319 g/mol. The van der Waals surface area contributed by atoms with Crippen molar-refractivity contribution < 1.29 is 8.78 Å². The minimum Gasteiger partial charge on any atom is -0.282 e. The van der Waals surface area contributed by atoms with Gasteiger partial charge in [-0.2, -0.15) is 0 Å². The topological polar surface area (TPSA) is 30.2 Å². The first kappa shape index (κ1) is 10.9. The van der Waals surface area contributed by atoms with Crippen molar-refractivity contribution >= 4 is 44.2 Å². The number of benzene rings is 1. The summed E-state index contributed by atoms with van der Waals surface area (Å²) in [6.07, 6.45) is 1.52. The zero-order valence-corrected chi connectivity index (χ0v) is 10.4. The van der Waals surface area contributed by atoms with E-state index in [1.54, 1.807) is 4.40 Å². The SMILES string of the molecule is Fc1cc2nc(Cl)c3ncc(Br)n3c2cc1F. The maximum Gasteiger partial charge on any atom is 0.176 e. The third kappa shape index (κ3) is 1.51. The van der Waals surface area contributed by atoms with Crippen molar-refractivity contribution in [3.05, 3.63) is 39.7 Å². The van der Waals surface area contributed by atoms with Crippen molar-refractivity contribution in [1.29, 1.82) is 0 Å². The molecule has 0 N–H and O–H groups in total. The lowest BCUT2D eigenvalue weighted by Crippen LogP contribution is -1.96. The van der Waals surface area contributed by atoms with Gasteiger partial charge in [0.05, 0.1) is 17.2 Å². The van der Waals surface area contributed by atoms with Crippen LogP contribution < -0.4 is 0 Å². The first-order chi connectivity index (χ1) is 8.08. The molecule has 0 aliphatic heterocycles. The molecule has 3 rings (SSSR count). The second-order valence-electron chi connectivity index (χ2n) is 3.40. The Kier molecular flexibility index (Phi) is 2.31. The molecule has 1 aromatic carbocycles. The van der Waals surface area contributed by atoms with Gasteiger partial charge >= 0.3 is 0 Å². The van der Waals surface area contributed by atoms with Gasteiger partial charge in [-0.1, -0.05) is 11.6 Å². The molecule has 7 heteroatoms. The van der Waals surface area contributed by atoms with Crippen molar-refractivity contribution in [2.75, 3.05) is 0 Å². The molecule has 0 radical (unpaired) electrons. The molecule has 0 saturated heterocycles. The smallest absolute Gasteiger partial charge is 0.176 e. The van der Waals surface area contributed by atoms with Crippen LogP contribution in [0.5, 0.6) is 0 Å². The summed E-state index contributed by atoms with van der Waals surface area (Å²) in [5.74, 6) is -1.90. The van der Waals surface area contributed by atoms with E-state index in [2.05, 4.69) is 25.9 Å². The summed E-state index contributed by atoms with van der Waals surface area (Å²) in [5.41, 5.74) is 1.05. The highest BCUT2D eigenvalue weighted by atomic mass is 79.9. The second-order valence-corrected chi connectivity index (χ2v) is 4.57. The van der Waals surface area contributed by atoms with Crippen molar-refractivity contribution in [2.45, 2.75) is 0 Å². The Morgan fingerprint density at radius 3 is 2.71 bits per heavy atom. The highest BCUT2D eigenvalue weighted by Crippen LogP contribution is 2.26. The predicted octanol–water partition coefficient (Wildman–Crippen LogP) is 3.58. The van der Waals surface area contributed by atoms with Gasteiger partial charge < -0.3 is 0 Å². The summed E-state index contributed by atoms with van der Waals surface area (Å²) in [7, 11) is 0. The standard InChI is InChI=1S/C10H3BrClF2N3/c11-8-3-15-10-9(12)16-6-1-4(13)5(14)2-7(6)17(8)10/h1-3H. The van der Waals surface area contributed by atoms with Crippen LogP contribution in [0.15, 0.2) is 22.9 Å². The lowest BCUT2D eigenvalue weighted by Gasteiger charge is -2.04. The second kappa shape index (κ2) is 3.61. The number of halogens is 4. The van der Waals surface area contributed by atoms with Crippen molar-refractivity contribution in [1.82, 2.24) is 14.4 Å². The third-order valence-electron chi connectivity index (χ3n) is 2.38. The predicted molar refractivity (Wildman–Crippen MR) is 63.1 cm³/mol. The minimum atomic E-state index is -0.961. The van der Waals surface area contributed by atoms with Gasteiger partial charge in [0.1, 0.15) is 4.60 Å². The van der Waals surface area contributed by atoms with Crippen LogP contribution in [-0.4, -0.2) is 14.4 Å². The van der Waals surface area contributed by atoms with Crippen LogP contribution in [0.1, 0.15) is 0 Å². The molecular weight excluding hydrogens is 315 g/mol. The Morgan fingerprint density at radius 2 is 1.94 bits per heavy atom. The number of rotatable bonds is 0. The first-order valence-corrected chi connectivity index (χ1v) is 5.72. The van der Waals surface area contributed by atoms with Crippen LogP contribution >= 0.6 is 27.5 Å². The van der Waals surface area contributed by atoms with Crippen LogP contribution in [0.2, 0.25) is 5.15 Å². The van der Waals surface area contributed by atoms with Gasteiger partial charge in [0.2, 0.25) is 0 Å². The molecular formula is C10H3BrClF2N3. The summed E-state index contributed by atoms with van der Waals surface area (Å²) >= 11 is 9.17. The molecule has 0 fully saturated rings. The van der Waals surface area contributed by atoms with Crippen LogP contribution in [-0.2, 0) is 0 Å². The molecule has 3 nitrogen and oxygen atoms in total. The first-order valence-electron chi connectivity index (χ1n) is 4.55. The Hall–Kier alpha value is -1.27. The average Bonchev–Trinajstić information content (AvgIpc) is 2.65. The van der Waals surface area contributed by atoms with Gasteiger partial charge in [-0.15, -0.1) is 0 Å². The summed E-state index contributed by atoms with van der Waals surface area (Å²) in [6, 6.07) is 2.07. The van der Waals surface area contributed by atoms with Crippen molar-refractivity contribution in [3.8, 4) is 0 Å². The number of fused-ring (bicyclic) bond motifs is 3. The molecule has 0 saturated carbocycles. The molecule has 86 valence electrons. The zero-order valence-electron chi connectivity index (χ0n) is 8.09. The fourth-order valence-corrected chi connectivity index (χ4v) is 2.34. The maximum absolute atomic E-state index is 13.2. The van der Waals surface area contributed by atoms with E-state index in [0.717, 1.165) is 12.1 Å². The van der Waals surface area contributed by atoms with E-state index in [9.17, 15) is 8.78 Å². The zero-order chi connectivity index (χ0) is 12.2. The van der Waals surface area contributed by atoms with E-state index in [1.807, 2.05) is 0 Å². The van der Waals surface area contributed by atoms with E-state index in [0.29, 0.717) is 15.8 Å². The van der Waals surface area contributed by atoms with E-state index < -0.39 is 11.6 Å². The molecule has 3 aromatic rings. The minimum absolute atomic E-state index is 0.134. The molecule has 0 bridgehead atoms. The van der Waals surface area contributed by atoms with Crippen molar-refractivity contribution in [2.24, 2.45) is 0 Å². The van der Waals surface area contributed by atoms with Crippen LogP contribution in [0.3, 0.4) is 0 Å². The monoisotopic (exact) mass is 317 g/mol. The fraction of sp³-hybridized carbons (Fsp3) is 0. The van der Waals surface area contributed by atoms with Gasteiger partial charge in [0, 0.05) is 12.1 Å².